The van der Waals surface area contributed by atoms with Crippen LogP contribution in [0.2, 0.25) is 0 Å². The third kappa shape index (κ3) is 6.81. The first-order chi connectivity index (χ1) is 15.3. The van der Waals surface area contributed by atoms with Gasteiger partial charge in [-0.1, -0.05) is 37.5 Å². The van der Waals surface area contributed by atoms with Gasteiger partial charge in [0.2, 0.25) is 0 Å². The molecule has 2 aromatic rings. The molecule has 0 aromatic heterocycles. The molecule has 4 nitrogen and oxygen atoms in total. The predicted molar refractivity (Wildman–Crippen MR) is 127 cm³/mol. The third-order valence-electron chi connectivity index (χ3n) is 6.40. The summed E-state index contributed by atoms with van der Waals surface area (Å²) in [7, 11) is 0. The van der Waals surface area contributed by atoms with E-state index in [0.717, 1.165) is 37.2 Å². The van der Waals surface area contributed by atoms with Crippen LogP contribution < -0.4 is 9.47 Å². The van der Waals surface area contributed by atoms with Crippen molar-refractivity contribution < 1.29 is 14.6 Å². The first kappa shape index (κ1) is 22.3. The molecule has 0 amide bonds. The van der Waals surface area contributed by atoms with Gasteiger partial charge in [0.05, 0.1) is 4.90 Å². The molecule has 1 saturated carbocycles. The number of fused-ring (bicyclic) bond motifs is 1. The van der Waals surface area contributed by atoms with Gasteiger partial charge in [-0.2, -0.15) is 0 Å². The van der Waals surface area contributed by atoms with Crippen molar-refractivity contribution in [2.24, 2.45) is 5.92 Å². The fourth-order valence-electron chi connectivity index (χ4n) is 4.63. The molecular weight excluding hydrogens is 406 g/mol. The van der Waals surface area contributed by atoms with Crippen LogP contribution in [-0.4, -0.2) is 48.1 Å². The summed E-state index contributed by atoms with van der Waals surface area (Å²) >= 11 is 1.93. The molecule has 2 heterocycles. The molecule has 1 aliphatic carbocycles. The van der Waals surface area contributed by atoms with Crippen molar-refractivity contribution in [2.45, 2.75) is 55.1 Å². The lowest BCUT2D eigenvalue weighted by atomic mass is 10.0. The molecule has 5 heteroatoms. The van der Waals surface area contributed by atoms with Crippen LogP contribution in [-0.2, 0) is 0 Å². The van der Waals surface area contributed by atoms with Crippen LogP contribution in [0.5, 0.6) is 17.2 Å². The third-order valence-corrected chi connectivity index (χ3v) is 7.82. The molecule has 1 N–H and O–H groups in total. The number of benzene rings is 2. The molecule has 1 unspecified atom stereocenters. The fourth-order valence-corrected chi connectivity index (χ4v) is 5.94. The molecule has 2 aliphatic heterocycles. The summed E-state index contributed by atoms with van der Waals surface area (Å²) in [5.74, 6) is 2.94. The second-order valence-electron chi connectivity index (χ2n) is 8.71. The maximum absolute atomic E-state index is 9.38. The Kier molecular flexibility index (Phi) is 8.42. The van der Waals surface area contributed by atoms with E-state index in [2.05, 4.69) is 4.90 Å². The quantitative estimate of drug-likeness (QED) is 0.617. The highest BCUT2D eigenvalue weighted by atomic mass is 32.2. The summed E-state index contributed by atoms with van der Waals surface area (Å²) in [6.45, 7) is 5.17. The smallest absolute Gasteiger partial charge is 0.136 e. The van der Waals surface area contributed by atoms with Gasteiger partial charge in [-0.3, -0.25) is 4.90 Å². The zero-order valence-electron chi connectivity index (χ0n) is 18.4. The number of ether oxygens (including phenoxy) is 2. The van der Waals surface area contributed by atoms with E-state index in [0.29, 0.717) is 11.0 Å². The molecule has 0 bridgehead atoms. The van der Waals surface area contributed by atoms with Crippen molar-refractivity contribution in [3.63, 3.8) is 0 Å². The lowest BCUT2D eigenvalue weighted by Crippen LogP contribution is -2.33. The fraction of sp³-hybridized carbons (Fsp3) is 0.538. The zero-order chi connectivity index (χ0) is 21.3. The molecular formula is C26H35NO3S. The van der Waals surface area contributed by atoms with E-state index in [1.807, 2.05) is 48.2 Å². The summed E-state index contributed by atoms with van der Waals surface area (Å²) < 4.78 is 11.4. The number of para-hydroxylation sites is 1. The number of hydrogen-bond acceptors (Lipinski definition) is 5. The molecule has 2 aromatic carbocycles. The SMILES string of the molecule is Oc1ccc2c(c1)OCC(C1CCCC1)S2.c1ccc(OCCN2CCCCC2)cc1. The van der Waals surface area contributed by atoms with Crippen LogP contribution in [0, 0.1) is 5.92 Å². The van der Waals surface area contributed by atoms with Crippen molar-refractivity contribution in [1.82, 2.24) is 4.90 Å². The van der Waals surface area contributed by atoms with Crippen molar-refractivity contribution in [1.29, 1.82) is 0 Å². The van der Waals surface area contributed by atoms with Crippen molar-refractivity contribution in [3.05, 3.63) is 48.5 Å². The van der Waals surface area contributed by atoms with E-state index < -0.39 is 0 Å². The summed E-state index contributed by atoms with van der Waals surface area (Å²) in [5.41, 5.74) is 0. The van der Waals surface area contributed by atoms with E-state index in [1.165, 1.54) is 62.9 Å². The minimum Gasteiger partial charge on any atom is -0.508 e. The van der Waals surface area contributed by atoms with E-state index in [4.69, 9.17) is 9.47 Å². The second-order valence-corrected chi connectivity index (χ2v) is 9.99. The molecule has 1 atom stereocenters. The number of phenolic OH excluding ortho intramolecular Hbond substituents is 1. The summed E-state index contributed by atoms with van der Waals surface area (Å²) in [5, 5.41) is 9.99. The van der Waals surface area contributed by atoms with Gasteiger partial charge in [-0.05, 0) is 69.0 Å². The van der Waals surface area contributed by atoms with Gasteiger partial charge >= 0.3 is 0 Å². The topological polar surface area (TPSA) is 41.9 Å². The first-order valence-corrected chi connectivity index (χ1v) is 12.7. The first-order valence-electron chi connectivity index (χ1n) is 11.8. The maximum Gasteiger partial charge on any atom is 0.136 e. The Morgan fingerprint density at radius 3 is 2.52 bits per heavy atom. The van der Waals surface area contributed by atoms with E-state index in [1.54, 1.807) is 12.1 Å². The van der Waals surface area contributed by atoms with Gasteiger partial charge < -0.3 is 14.6 Å². The molecule has 31 heavy (non-hydrogen) atoms. The number of likely N-dealkylation sites (tertiary alicyclic amines) is 1. The van der Waals surface area contributed by atoms with E-state index >= 15 is 0 Å². The largest absolute Gasteiger partial charge is 0.508 e. The van der Waals surface area contributed by atoms with Crippen LogP contribution in [0.3, 0.4) is 0 Å². The lowest BCUT2D eigenvalue weighted by molar-refractivity contribution is 0.183. The van der Waals surface area contributed by atoms with Crippen LogP contribution >= 0.6 is 11.8 Å². The number of phenols is 1. The van der Waals surface area contributed by atoms with Gasteiger partial charge in [-0.25, -0.2) is 0 Å². The number of piperidine rings is 1. The highest BCUT2D eigenvalue weighted by Gasteiger charge is 2.30. The standard InChI is InChI=1S/C13H19NO.C13H16O2S/c1-3-7-13(8-4-1)15-12-11-14-9-5-2-6-10-14;14-10-5-6-12-11(7-10)15-8-13(16-12)9-3-1-2-4-9/h1,3-4,7-8H,2,5-6,9-12H2;5-7,9,13-14H,1-4,8H2. The van der Waals surface area contributed by atoms with Crippen LogP contribution in [0.25, 0.3) is 0 Å². The Balaban J connectivity index is 0.000000150. The number of rotatable bonds is 5. The highest BCUT2D eigenvalue weighted by molar-refractivity contribution is 8.00. The Hall–Kier alpha value is -1.85. The Morgan fingerprint density at radius 2 is 1.74 bits per heavy atom. The van der Waals surface area contributed by atoms with Crippen molar-refractivity contribution >= 4 is 11.8 Å². The van der Waals surface area contributed by atoms with Gasteiger partial charge in [0.1, 0.15) is 30.5 Å². The molecule has 3 aliphatic rings. The number of thioether (sulfide) groups is 1. The van der Waals surface area contributed by atoms with Crippen molar-refractivity contribution in [2.75, 3.05) is 32.8 Å². The predicted octanol–water partition coefficient (Wildman–Crippen LogP) is 5.99. The summed E-state index contributed by atoms with van der Waals surface area (Å²) in [4.78, 5) is 3.67. The maximum atomic E-state index is 9.38. The van der Waals surface area contributed by atoms with Crippen molar-refractivity contribution in [3.8, 4) is 17.2 Å². The molecule has 1 saturated heterocycles. The van der Waals surface area contributed by atoms with Gasteiger partial charge in [0.15, 0.2) is 0 Å². The van der Waals surface area contributed by atoms with Gasteiger partial charge in [0, 0.05) is 17.9 Å². The Morgan fingerprint density at radius 1 is 0.968 bits per heavy atom. The Bertz CT molecular complexity index is 788. The minimum atomic E-state index is 0.290. The highest BCUT2D eigenvalue weighted by Crippen LogP contribution is 2.44. The van der Waals surface area contributed by atoms with Crippen LogP contribution in [0.4, 0.5) is 0 Å². The van der Waals surface area contributed by atoms with Gasteiger partial charge in [-0.15, -0.1) is 11.8 Å². The molecule has 0 radical (unpaired) electrons. The summed E-state index contributed by atoms with van der Waals surface area (Å²) in [6.07, 6.45) is 9.57. The Labute approximate surface area is 190 Å². The average Bonchev–Trinajstić information content (AvgIpc) is 3.36. The minimum absolute atomic E-state index is 0.290. The summed E-state index contributed by atoms with van der Waals surface area (Å²) in [6, 6.07) is 15.5. The van der Waals surface area contributed by atoms with Crippen LogP contribution in [0.1, 0.15) is 44.9 Å². The van der Waals surface area contributed by atoms with E-state index in [-0.39, 0.29) is 0 Å². The van der Waals surface area contributed by atoms with Gasteiger partial charge in [0.25, 0.3) is 0 Å². The molecule has 0 spiro atoms. The van der Waals surface area contributed by atoms with Crippen LogP contribution in [0.15, 0.2) is 53.4 Å². The second kappa shape index (κ2) is 11.7. The normalized spacial score (nSPS) is 21.5. The number of aromatic hydroxyl groups is 1. The monoisotopic (exact) mass is 441 g/mol. The number of hydrogen-bond donors (Lipinski definition) is 1. The molecule has 168 valence electrons. The average molecular weight is 442 g/mol. The van der Waals surface area contributed by atoms with E-state index in [9.17, 15) is 5.11 Å². The molecule has 2 fully saturated rings. The zero-order valence-corrected chi connectivity index (χ0v) is 19.2. The number of nitrogens with zero attached hydrogens (tertiary/aromatic N) is 1. The molecule has 5 rings (SSSR count). The lowest BCUT2D eigenvalue weighted by Gasteiger charge is -2.28.